The molecular formula is C19H35IN6. The van der Waals surface area contributed by atoms with Crippen molar-refractivity contribution >= 4 is 29.9 Å². The van der Waals surface area contributed by atoms with Crippen molar-refractivity contribution in [3.8, 4) is 0 Å². The van der Waals surface area contributed by atoms with Crippen LogP contribution in [-0.2, 0) is 12.8 Å². The number of nitrogens with one attached hydrogen (secondary N) is 2. The standard InChI is InChI=1S/C19H34N6.HI/c1-14(2)25-13-16-5-6-17(11-18(16)23-25)22-19(20-3)21-12-15-7-9-24(4)10-8-15;/h13-15,17H,5-12H2,1-4H3,(H2,20,21,22);1H. The Bertz CT molecular complexity index is 589. The topological polar surface area (TPSA) is 57.5 Å². The monoisotopic (exact) mass is 474 g/mol. The van der Waals surface area contributed by atoms with Gasteiger partial charge >= 0.3 is 0 Å². The summed E-state index contributed by atoms with van der Waals surface area (Å²) in [6, 6.07) is 0.854. The van der Waals surface area contributed by atoms with Crippen molar-refractivity contribution in [2.24, 2.45) is 10.9 Å². The molecule has 0 aromatic carbocycles. The molecule has 1 fully saturated rings. The van der Waals surface area contributed by atoms with Crippen molar-refractivity contribution < 1.29 is 0 Å². The van der Waals surface area contributed by atoms with E-state index >= 15 is 0 Å². The van der Waals surface area contributed by atoms with Crippen molar-refractivity contribution in [2.45, 2.75) is 58.0 Å². The molecule has 3 rings (SSSR count). The van der Waals surface area contributed by atoms with Gasteiger partial charge in [0.1, 0.15) is 0 Å². The summed E-state index contributed by atoms with van der Waals surface area (Å²) >= 11 is 0. The molecule has 1 aromatic heterocycles. The normalized spacial score (nSPS) is 22.0. The largest absolute Gasteiger partial charge is 0.356 e. The Morgan fingerprint density at radius 2 is 2.04 bits per heavy atom. The lowest BCUT2D eigenvalue weighted by atomic mass is 9.94. The van der Waals surface area contributed by atoms with E-state index in [1.54, 1.807) is 0 Å². The average Bonchev–Trinajstić information content (AvgIpc) is 3.03. The van der Waals surface area contributed by atoms with Crippen LogP contribution in [-0.4, -0.2) is 60.4 Å². The summed E-state index contributed by atoms with van der Waals surface area (Å²) in [4.78, 5) is 6.85. The molecule has 1 saturated heterocycles. The quantitative estimate of drug-likeness (QED) is 0.400. The van der Waals surface area contributed by atoms with Gasteiger partial charge in [0.25, 0.3) is 0 Å². The molecule has 1 unspecified atom stereocenters. The smallest absolute Gasteiger partial charge is 0.191 e. The molecule has 7 heteroatoms. The summed E-state index contributed by atoms with van der Waals surface area (Å²) in [5, 5.41) is 11.9. The van der Waals surface area contributed by atoms with Gasteiger partial charge in [0.15, 0.2) is 5.96 Å². The zero-order chi connectivity index (χ0) is 17.8. The van der Waals surface area contributed by atoms with Crippen molar-refractivity contribution in [3.05, 3.63) is 17.5 Å². The molecule has 6 nitrogen and oxygen atoms in total. The Labute approximate surface area is 175 Å². The van der Waals surface area contributed by atoms with Crippen LogP contribution in [0.1, 0.15) is 50.4 Å². The Hall–Kier alpha value is -0.830. The number of rotatable bonds is 4. The predicted molar refractivity (Wildman–Crippen MR) is 119 cm³/mol. The first-order valence-electron chi connectivity index (χ1n) is 9.77. The van der Waals surface area contributed by atoms with Gasteiger partial charge in [-0.3, -0.25) is 9.67 Å². The number of hydrogen-bond acceptors (Lipinski definition) is 3. The summed E-state index contributed by atoms with van der Waals surface area (Å²) < 4.78 is 2.10. The van der Waals surface area contributed by atoms with Crippen LogP contribution in [0.4, 0.5) is 0 Å². The van der Waals surface area contributed by atoms with E-state index in [2.05, 4.69) is 52.3 Å². The number of aryl methyl sites for hydroxylation is 1. The van der Waals surface area contributed by atoms with Crippen LogP contribution in [0.3, 0.4) is 0 Å². The highest BCUT2D eigenvalue weighted by atomic mass is 127. The maximum Gasteiger partial charge on any atom is 0.191 e. The maximum absolute atomic E-state index is 4.77. The van der Waals surface area contributed by atoms with Crippen LogP contribution in [0, 0.1) is 5.92 Å². The average molecular weight is 474 g/mol. The fourth-order valence-electron chi connectivity index (χ4n) is 3.80. The zero-order valence-electron chi connectivity index (χ0n) is 16.7. The third-order valence-electron chi connectivity index (χ3n) is 5.59. The third kappa shape index (κ3) is 5.58. The molecule has 0 spiro atoms. The lowest BCUT2D eigenvalue weighted by Gasteiger charge is -2.30. The van der Waals surface area contributed by atoms with Crippen molar-refractivity contribution in [3.63, 3.8) is 0 Å². The number of aliphatic imine (C=N–C) groups is 1. The number of guanidine groups is 1. The lowest BCUT2D eigenvalue weighted by molar-refractivity contribution is 0.220. The van der Waals surface area contributed by atoms with Gasteiger partial charge in [-0.25, -0.2) is 0 Å². The first-order valence-corrected chi connectivity index (χ1v) is 9.77. The number of hydrogen-bond donors (Lipinski definition) is 2. The van der Waals surface area contributed by atoms with Gasteiger partial charge in [-0.2, -0.15) is 5.10 Å². The van der Waals surface area contributed by atoms with Crippen LogP contribution in [0.2, 0.25) is 0 Å². The van der Waals surface area contributed by atoms with Gasteiger partial charge in [0.05, 0.1) is 5.69 Å². The van der Waals surface area contributed by atoms with Crippen LogP contribution in [0.25, 0.3) is 0 Å². The fourth-order valence-corrected chi connectivity index (χ4v) is 3.80. The number of nitrogens with zero attached hydrogens (tertiary/aromatic N) is 4. The summed E-state index contributed by atoms with van der Waals surface area (Å²) in [6.45, 7) is 7.81. The molecule has 1 aromatic rings. The number of piperidine rings is 1. The highest BCUT2D eigenvalue weighted by Crippen LogP contribution is 2.21. The first-order chi connectivity index (χ1) is 12.0. The number of fused-ring (bicyclic) bond motifs is 1. The highest BCUT2D eigenvalue weighted by molar-refractivity contribution is 14.0. The molecule has 0 amide bonds. The van der Waals surface area contributed by atoms with E-state index in [9.17, 15) is 0 Å². The van der Waals surface area contributed by atoms with Gasteiger partial charge in [0, 0.05) is 38.3 Å². The Morgan fingerprint density at radius 3 is 2.69 bits per heavy atom. The van der Waals surface area contributed by atoms with E-state index in [-0.39, 0.29) is 24.0 Å². The first kappa shape index (κ1) is 21.5. The molecule has 1 aliphatic carbocycles. The molecular weight excluding hydrogens is 439 g/mol. The van der Waals surface area contributed by atoms with Crippen molar-refractivity contribution in [2.75, 3.05) is 33.7 Å². The van der Waals surface area contributed by atoms with Crippen molar-refractivity contribution in [1.82, 2.24) is 25.3 Å². The highest BCUT2D eigenvalue weighted by Gasteiger charge is 2.23. The van der Waals surface area contributed by atoms with E-state index in [4.69, 9.17) is 5.10 Å². The maximum atomic E-state index is 4.77. The Balaban J connectivity index is 0.00000243. The van der Waals surface area contributed by atoms with Crippen LogP contribution < -0.4 is 10.6 Å². The van der Waals surface area contributed by atoms with Gasteiger partial charge in [-0.1, -0.05) is 0 Å². The predicted octanol–water partition coefficient (Wildman–Crippen LogP) is 2.45. The minimum atomic E-state index is 0. The molecule has 2 aliphatic rings. The Kier molecular flexibility index (Phi) is 8.19. The molecule has 26 heavy (non-hydrogen) atoms. The SMILES string of the molecule is CN=C(NCC1CCN(C)CC1)NC1CCc2cn(C(C)C)nc2C1.I. The summed E-state index contributed by atoms with van der Waals surface area (Å²) in [6.07, 6.45) is 8.02. The lowest BCUT2D eigenvalue weighted by Crippen LogP contribution is -2.47. The third-order valence-corrected chi connectivity index (χ3v) is 5.59. The summed E-state index contributed by atoms with van der Waals surface area (Å²) in [5.74, 6) is 1.70. The minimum Gasteiger partial charge on any atom is -0.356 e. The second-order valence-corrected chi connectivity index (χ2v) is 7.96. The second-order valence-electron chi connectivity index (χ2n) is 7.96. The van der Waals surface area contributed by atoms with Gasteiger partial charge < -0.3 is 15.5 Å². The van der Waals surface area contributed by atoms with E-state index in [1.807, 2.05) is 7.05 Å². The molecule has 2 N–H and O–H groups in total. The summed E-state index contributed by atoms with van der Waals surface area (Å²) in [5.41, 5.74) is 2.67. The zero-order valence-corrected chi connectivity index (χ0v) is 19.0. The molecule has 2 heterocycles. The molecule has 0 bridgehead atoms. The van der Waals surface area contributed by atoms with Crippen LogP contribution in [0.5, 0.6) is 0 Å². The molecule has 1 atom stereocenters. The van der Waals surface area contributed by atoms with Crippen LogP contribution in [0.15, 0.2) is 11.2 Å². The molecule has 0 saturated carbocycles. The molecule has 148 valence electrons. The number of aromatic nitrogens is 2. The Morgan fingerprint density at radius 1 is 1.31 bits per heavy atom. The van der Waals surface area contributed by atoms with Crippen molar-refractivity contribution in [1.29, 1.82) is 0 Å². The van der Waals surface area contributed by atoms with E-state index in [1.165, 1.54) is 37.2 Å². The van der Waals surface area contributed by atoms with E-state index in [0.29, 0.717) is 12.1 Å². The van der Waals surface area contributed by atoms with Gasteiger partial charge in [-0.15, -0.1) is 24.0 Å². The molecule has 1 aliphatic heterocycles. The van der Waals surface area contributed by atoms with E-state index < -0.39 is 0 Å². The van der Waals surface area contributed by atoms with Gasteiger partial charge in [-0.05, 0) is 71.1 Å². The molecule has 0 radical (unpaired) electrons. The summed E-state index contributed by atoms with van der Waals surface area (Å²) in [7, 11) is 4.08. The minimum absolute atomic E-state index is 0. The van der Waals surface area contributed by atoms with Gasteiger partial charge in [0.2, 0.25) is 0 Å². The van der Waals surface area contributed by atoms with E-state index in [0.717, 1.165) is 37.7 Å². The van der Waals surface area contributed by atoms with Crippen LogP contribution >= 0.6 is 24.0 Å². The number of likely N-dealkylation sites (tertiary alicyclic amines) is 1. The fraction of sp³-hybridized carbons (Fsp3) is 0.789. The number of halogens is 1. The second kappa shape index (κ2) is 9.92.